The summed E-state index contributed by atoms with van der Waals surface area (Å²) in [6.45, 7) is 6.18. The van der Waals surface area contributed by atoms with Crippen LogP contribution in [0.15, 0.2) is 40.9 Å². The Morgan fingerprint density at radius 3 is 2.57 bits per heavy atom. The average Bonchev–Trinajstić information content (AvgIpc) is 3.12. The minimum Gasteiger partial charge on any atom is -0.492 e. The van der Waals surface area contributed by atoms with Gasteiger partial charge in [-0.3, -0.25) is 14.5 Å². The zero-order chi connectivity index (χ0) is 19.8. The lowest BCUT2D eigenvalue weighted by Crippen LogP contribution is -2.49. The maximum absolute atomic E-state index is 12.3. The minimum absolute atomic E-state index is 0.00617. The number of hydrogen-bond donors (Lipinski definition) is 1. The van der Waals surface area contributed by atoms with E-state index >= 15 is 0 Å². The van der Waals surface area contributed by atoms with Crippen molar-refractivity contribution in [3.8, 4) is 5.75 Å². The van der Waals surface area contributed by atoms with Crippen molar-refractivity contribution < 1.29 is 18.8 Å². The van der Waals surface area contributed by atoms with E-state index in [0.29, 0.717) is 31.3 Å². The van der Waals surface area contributed by atoms with E-state index in [1.54, 1.807) is 13.0 Å². The van der Waals surface area contributed by atoms with Gasteiger partial charge < -0.3 is 19.5 Å². The van der Waals surface area contributed by atoms with Gasteiger partial charge in [0, 0.05) is 51.6 Å². The molecule has 2 amide bonds. The Morgan fingerprint density at radius 2 is 1.89 bits per heavy atom. The fourth-order valence-corrected chi connectivity index (χ4v) is 3.04. The molecule has 28 heavy (non-hydrogen) atoms. The fourth-order valence-electron chi connectivity index (χ4n) is 3.04. The number of nitrogens with one attached hydrogen (secondary N) is 1. The molecule has 1 N–H and O–H groups in total. The van der Waals surface area contributed by atoms with Gasteiger partial charge in [0.15, 0.2) is 5.82 Å². The van der Waals surface area contributed by atoms with Crippen LogP contribution in [0, 0.1) is 6.92 Å². The number of aromatic nitrogens is 1. The van der Waals surface area contributed by atoms with Gasteiger partial charge in [-0.1, -0.05) is 23.4 Å². The number of hydrogen-bond acceptors (Lipinski definition) is 6. The number of carbonyl (C=O) groups is 2. The van der Waals surface area contributed by atoms with E-state index in [1.165, 1.54) is 0 Å². The van der Waals surface area contributed by atoms with Crippen molar-refractivity contribution in [1.82, 2.24) is 15.0 Å². The molecule has 8 heteroatoms. The molecule has 0 aliphatic carbocycles. The third-order valence-electron chi connectivity index (χ3n) is 4.61. The van der Waals surface area contributed by atoms with Crippen molar-refractivity contribution in [2.45, 2.75) is 19.8 Å². The van der Waals surface area contributed by atoms with Crippen molar-refractivity contribution in [2.24, 2.45) is 0 Å². The highest BCUT2D eigenvalue weighted by molar-refractivity contribution is 5.92. The molecule has 1 fully saturated rings. The summed E-state index contributed by atoms with van der Waals surface area (Å²) in [5.74, 6) is 1.64. The first kappa shape index (κ1) is 19.9. The Balaban J connectivity index is 1.30. The number of benzene rings is 1. The number of aryl methyl sites for hydroxylation is 1. The second kappa shape index (κ2) is 9.89. The van der Waals surface area contributed by atoms with E-state index in [9.17, 15) is 9.59 Å². The molecule has 1 saturated heterocycles. The molecule has 0 bridgehead atoms. The third-order valence-corrected chi connectivity index (χ3v) is 4.61. The van der Waals surface area contributed by atoms with Gasteiger partial charge in [0.05, 0.1) is 0 Å². The molecule has 0 radical (unpaired) electrons. The molecule has 1 aromatic heterocycles. The van der Waals surface area contributed by atoms with Crippen LogP contribution in [0.25, 0.3) is 0 Å². The number of amides is 2. The Bertz CT molecular complexity index is 770. The smallest absolute Gasteiger partial charge is 0.226 e. The molecular formula is C20H26N4O4. The molecule has 2 aromatic rings. The number of anilines is 1. The molecule has 1 aliphatic rings. The van der Waals surface area contributed by atoms with Gasteiger partial charge >= 0.3 is 0 Å². The number of ether oxygens (including phenoxy) is 1. The Kier molecular flexibility index (Phi) is 7.02. The number of nitrogens with zero attached hydrogens (tertiary/aromatic N) is 3. The van der Waals surface area contributed by atoms with Gasteiger partial charge in [0.25, 0.3) is 0 Å². The fraction of sp³-hybridized carbons (Fsp3) is 0.450. The quantitative estimate of drug-likeness (QED) is 0.746. The van der Waals surface area contributed by atoms with Crippen LogP contribution >= 0.6 is 0 Å². The van der Waals surface area contributed by atoms with Crippen LogP contribution in [0.4, 0.5) is 5.82 Å². The standard InChI is InChI=1S/C20H26N4O4/c1-16-15-18(22-28-16)21-19(25)7-8-20(26)24-11-9-23(10-12-24)13-14-27-17-5-3-2-4-6-17/h2-6,15H,7-14H2,1H3,(H,21,22,25). The zero-order valence-corrected chi connectivity index (χ0v) is 16.1. The van der Waals surface area contributed by atoms with Crippen molar-refractivity contribution >= 4 is 17.6 Å². The number of para-hydroxylation sites is 1. The molecule has 1 aromatic carbocycles. The molecule has 0 atom stereocenters. The molecule has 1 aliphatic heterocycles. The molecule has 2 heterocycles. The molecule has 0 saturated carbocycles. The second-order valence-electron chi connectivity index (χ2n) is 6.75. The van der Waals surface area contributed by atoms with Crippen LogP contribution < -0.4 is 10.1 Å². The van der Waals surface area contributed by atoms with Crippen LogP contribution in [0.1, 0.15) is 18.6 Å². The first-order chi connectivity index (χ1) is 13.6. The first-order valence-corrected chi connectivity index (χ1v) is 9.51. The van der Waals surface area contributed by atoms with Crippen molar-refractivity contribution in [1.29, 1.82) is 0 Å². The highest BCUT2D eigenvalue weighted by atomic mass is 16.5. The van der Waals surface area contributed by atoms with Crippen LogP contribution in [0.5, 0.6) is 5.75 Å². The van der Waals surface area contributed by atoms with Gasteiger partial charge in [-0.25, -0.2) is 0 Å². The van der Waals surface area contributed by atoms with Crippen molar-refractivity contribution in [2.75, 3.05) is 44.6 Å². The molecule has 0 unspecified atom stereocenters. The maximum atomic E-state index is 12.3. The molecule has 0 spiro atoms. The lowest BCUT2D eigenvalue weighted by Gasteiger charge is -2.34. The summed E-state index contributed by atoms with van der Waals surface area (Å²) in [7, 11) is 0. The summed E-state index contributed by atoms with van der Waals surface area (Å²) in [5.41, 5.74) is 0. The monoisotopic (exact) mass is 386 g/mol. The summed E-state index contributed by atoms with van der Waals surface area (Å²) >= 11 is 0. The molecular weight excluding hydrogens is 360 g/mol. The van der Waals surface area contributed by atoms with Gasteiger partial charge in [0.1, 0.15) is 18.1 Å². The van der Waals surface area contributed by atoms with E-state index in [1.807, 2.05) is 35.2 Å². The minimum atomic E-state index is -0.238. The summed E-state index contributed by atoms with van der Waals surface area (Å²) in [6.07, 6.45) is 0.329. The van der Waals surface area contributed by atoms with Crippen LogP contribution in [0.2, 0.25) is 0 Å². The molecule has 3 rings (SSSR count). The van der Waals surface area contributed by atoms with E-state index in [4.69, 9.17) is 9.26 Å². The summed E-state index contributed by atoms with van der Waals surface area (Å²) in [6, 6.07) is 11.4. The highest BCUT2D eigenvalue weighted by Crippen LogP contribution is 2.10. The number of carbonyl (C=O) groups excluding carboxylic acids is 2. The summed E-state index contributed by atoms with van der Waals surface area (Å²) in [4.78, 5) is 28.3. The van der Waals surface area contributed by atoms with Crippen molar-refractivity contribution in [3.05, 3.63) is 42.2 Å². The van der Waals surface area contributed by atoms with Gasteiger partial charge in [-0.15, -0.1) is 0 Å². The zero-order valence-electron chi connectivity index (χ0n) is 16.1. The SMILES string of the molecule is Cc1cc(NC(=O)CCC(=O)N2CCN(CCOc3ccccc3)CC2)no1. The molecule has 150 valence electrons. The average molecular weight is 386 g/mol. The predicted octanol–water partition coefficient (Wildman–Crippen LogP) is 1.92. The van der Waals surface area contributed by atoms with E-state index in [-0.39, 0.29) is 24.7 Å². The van der Waals surface area contributed by atoms with Gasteiger partial charge in [-0.2, -0.15) is 0 Å². The Morgan fingerprint density at radius 1 is 1.14 bits per heavy atom. The van der Waals surface area contributed by atoms with E-state index in [0.717, 1.165) is 25.4 Å². The van der Waals surface area contributed by atoms with E-state index < -0.39 is 0 Å². The summed E-state index contributed by atoms with van der Waals surface area (Å²) < 4.78 is 10.6. The maximum Gasteiger partial charge on any atom is 0.226 e. The highest BCUT2D eigenvalue weighted by Gasteiger charge is 2.21. The molecule has 8 nitrogen and oxygen atoms in total. The second-order valence-corrected chi connectivity index (χ2v) is 6.75. The van der Waals surface area contributed by atoms with Crippen molar-refractivity contribution in [3.63, 3.8) is 0 Å². The number of piperazine rings is 1. The lowest BCUT2D eigenvalue weighted by molar-refractivity contribution is -0.134. The number of rotatable bonds is 8. The normalized spacial score (nSPS) is 14.7. The third kappa shape index (κ3) is 6.09. The van der Waals surface area contributed by atoms with Crippen LogP contribution in [-0.2, 0) is 9.59 Å². The predicted molar refractivity (Wildman–Crippen MR) is 104 cm³/mol. The topological polar surface area (TPSA) is 87.9 Å². The lowest BCUT2D eigenvalue weighted by atomic mass is 10.2. The van der Waals surface area contributed by atoms with Gasteiger partial charge in [-0.05, 0) is 19.1 Å². The van der Waals surface area contributed by atoms with Crippen LogP contribution in [-0.4, -0.2) is 66.1 Å². The van der Waals surface area contributed by atoms with Crippen LogP contribution in [0.3, 0.4) is 0 Å². The Labute approximate surface area is 164 Å². The summed E-state index contributed by atoms with van der Waals surface area (Å²) in [5, 5.41) is 6.33. The first-order valence-electron chi connectivity index (χ1n) is 9.51. The largest absolute Gasteiger partial charge is 0.492 e. The Hall–Kier alpha value is -2.87. The van der Waals surface area contributed by atoms with E-state index in [2.05, 4.69) is 15.4 Å². The van der Waals surface area contributed by atoms with Gasteiger partial charge in [0.2, 0.25) is 11.8 Å².